The van der Waals surface area contributed by atoms with E-state index in [1.165, 1.54) is 5.56 Å². The number of anilines is 1. The summed E-state index contributed by atoms with van der Waals surface area (Å²) in [5, 5.41) is 0. The van der Waals surface area contributed by atoms with Gasteiger partial charge in [0, 0.05) is 6.54 Å². The highest BCUT2D eigenvalue weighted by molar-refractivity contribution is 5.90. The Morgan fingerprint density at radius 1 is 1.42 bits per heavy atom. The molecule has 1 amide bonds. The second-order valence-corrected chi connectivity index (χ2v) is 5.91. The number of hydrogen-bond acceptors (Lipinski definition) is 3. The molecule has 1 aliphatic heterocycles. The van der Waals surface area contributed by atoms with Crippen molar-refractivity contribution in [2.24, 2.45) is 5.73 Å². The number of amides is 1. The van der Waals surface area contributed by atoms with Gasteiger partial charge in [-0.3, -0.25) is 4.90 Å². The van der Waals surface area contributed by atoms with Crippen LogP contribution in [0, 0.1) is 0 Å². The monoisotopic (exact) mass is 262 g/mol. The van der Waals surface area contributed by atoms with E-state index in [1.54, 1.807) is 4.90 Å². The molecule has 1 atom stereocenters. The third kappa shape index (κ3) is 3.07. The highest BCUT2D eigenvalue weighted by atomic mass is 16.6. The van der Waals surface area contributed by atoms with Crippen molar-refractivity contribution in [2.75, 3.05) is 11.4 Å². The van der Waals surface area contributed by atoms with Crippen LogP contribution in [0.15, 0.2) is 24.3 Å². The Bertz CT molecular complexity index is 465. The summed E-state index contributed by atoms with van der Waals surface area (Å²) in [7, 11) is 0. The Hall–Kier alpha value is -1.55. The molecule has 1 aromatic carbocycles. The van der Waals surface area contributed by atoms with Crippen LogP contribution in [0.5, 0.6) is 0 Å². The zero-order valence-corrected chi connectivity index (χ0v) is 11.8. The summed E-state index contributed by atoms with van der Waals surface area (Å²) < 4.78 is 5.50. The lowest BCUT2D eigenvalue weighted by Gasteiger charge is -2.37. The van der Waals surface area contributed by atoms with Crippen LogP contribution >= 0.6 is 0 Å². The first-order chi connectivity index (χ1) is 8.92. The Morgan fingerprint density at radius 2 is 2.11 bits per heavy atom. The number of ether oxygens (including phenoxy) is 1. The van der Waals surface area contributed by atoms with Crippen molar-refractivity contribution in [2.45, 2.75) is 45.3 Å². The van der Waals surface area contributed by atoms with Gasteiger partial charge in [-0.2, -0.15) is 0 Å². The summed E-state index contributed by atoms with van der Waals surface area (Å²) in [4.78, 5) is 14.1. The third-order valence-electron chi connectivity index (χ3n) is 3.23. The Morgan fingerprint density at radius 3 is 2.74 bits per heavy atom. The van der Waals surface area contributed by atoms with E-state index >= 15 is 0 Å². The molecule has 0 aromatic heterocycles. The van der Waals surface area contributed by atoms with Crippen LogP contribution in [0.4, 0.5) is 10.5 Å². The highest BCUT2D eigenvalue weighted by Crippen LogP contribution is 2.31. The molecule has 4 heteroatoms. The molecule has 2 N–H and O–H groups in total. The normalized spacial score (nSPS) is 18.9. The molecule has 0 fully saturated rings. The predicted molar refractivity (Wildman–Crippen MR) is 76.3 cm³/mol. The Kier molecular flexibility index (Phi) is 3.80. The predicted octanol–water partition coefficient (Wildman–Crippen LogP) is 2.70. The number of nitrogens with two attached hydrogens (primary N) is 1. The lowest BCUT2D eigenvalue weighted by Crippen LogP contribution is -2.49. The lowest BCUT2D eigenvalue weighted by molar-refractivity contribution is 0.0561. The van der Waals surface area contributed by atoms with Gasteiger partial charge in [0.05, 0.1) is 11.7 Å². The minimum Gasteiger partial charge on any atom is -0.443 e. The molecule has 0 saturated carbocycles. The Balaban J connectivity index is 2.32. The van der Waals surface area contributed by atoms with E-state index in [0.717, 1.165) is 18.5 Å². The largest absolute Gasteiger partial charge is 0.443 e. The van der Waals surface area contributed by atoms with E-state index in [1.807, 2.05) is 39.0 Å². The third-order valence-corrected chi connectivity index (χ3v) is 3.23. The second kappa shape index (κ2) is 5.21. The molecule has 1 heterocycles. The van der Waals surface area contributed by atoms with E-state index in [2.05, 4.69) is 6.07 Å². The average molecular weight is 262 g/mol. The second-order valence-electron chi connectivity index (χ2n) is 5.91. The van der Waals surface area contributed by atoms with Crippen LogP contribution in [0.2, 0.25) is 0 Å². The van der Waals surface area contributed by atoms with Crippen molar-refractivity contribution < 1.29 is 9.53 Å². The number of hydrogen-bond donors (Lipinski definition) is 1. The van der Waals surface area contributed by atoms with Crippen molar-refractivity contribution >= 4 is 11.8 Å². The Labute approximate surface area is 114 Å². The van der Waals surface area contributed by atoms with Crippen LogP contribution in [0.3, 0.4) is 0 Å². The molecular weight excluding hydrogens is 240 g/mol. The highest BCUT2D eigenvalue weighted by Gasteiger charge is 2.33. The molecule has 19 heavy (non-hydrogen) atoms. The fourth-order valence-electron chi connectivity index (χ4n) is 2.39. The number of aryl methyl sites for hydroxylation is 1. The molecule has 0 radical (unpaired) electrons. The van der Waals surface area contributed by atoms with Gasteiger partial charge in [0.1, 0.15) is 5.60 Å². The zero-order chi connectivity index (χ0) is 14.0. The van der Waals surface area contributed by atoms with Crippen molar-refractivity contribution in [3.05, 3.63) is 29.8 Å². The maximum Gasteiger partial charge on any atom is 0.415 e. The summed E-state index contributed by atoms with van der Waals surface area (Å²) in [6, 6.07) is 7.97. The van der Waals surface area contributed by atoms with Gasteiger partial charge < -0.3 is 10.5 Å². The van der Waals surface area contributed by atoms with Crippen LogP contribution in [-0.4, -0.2) is 24.3 Å². The smallest absolute Gasteiger partial charge is 0.415 e. The van der Waals surface area contributed by atoms with Gasteiger partial charge in [0.25, 0.3) is 0 Å². The van der Waals surface area contributed by atoms with Crippen molar-refractivity contribution in [3.8, 4) is 0 Å². The van der Waals surface area contributed by atoms with Gasteiger partial charge in [-0.25, -0.2) is 4.79 Å². The minimum atomic E-state index is -0.497. The summed E-state index contributed by atoms with van der Waals surface area (Å²) >= 11 is 0. The van der Waals surface area contributed by atoms with Crippen LogP contribution in [0.1, 0.15) is 32.8 Å². The number of nitrogens with zero attached hydrogens (tertiary/aromatic N) is 1. The molecule has 0 unspecified atom stereocenters. The van der Waals surface area contributed by atoms with E-state index in [-0.39, 0.29) is 12.1 Å². The standard InChI is InChI=1S/C15H22N2O2/c1-15(2,3)19-14(18)17-12(10-16)9-8-11-6-4-5-7-13(11)17/h4-7,12H,8-10,16H2,1-3H3/t12-/m0/s1. The first kappa shape index (κ1) is 13.9. The molecule has 2 rings (SSSR count). The van der Waals surface area contributed by atoms with E-state index in [9.17, 15) is 4.79 Å². The number of carbonyl (C=O) groups is 1. The van der Waals surface area contributed by atoms with Crippen molar-refractivity contribution in [3.63, 3.8) is 0 Å². The van der Waals surface area contributed by atoms with Gasteiger partial charge in [-0.05, 0) is 45.2 Å². The number of carbonyl (C=O) groups excluding carboxylic acids is 1. The fourth-order valence-corrected chi connectivity index (χ4v) is 2.39. The van der Waals surface area contributed by atoms with Crippen molar-refractivity contribution in [1.29, 1.82) is 0 Å². The molecule has 104 valence electrons. The molecule has 1 aliphatic rings. The SMILES string of the molecule is CC(C)(C)OC(=O)N1c2ccccc2CC[C@H]1CN. The first-order valence-corrected chi connectivity index (χ1v) is 6.72. The van der Waals surface area contributed by atoms with Gasteiger partial charge in [-0.1, -0.05) is 18.2 Å². The molecule has 4 nitrogen and oxygen atoms in total. The van der Waals surface area contributed by atoms with E-state index in [4.69, 9.17) is 10.5 Å². The molecule has 0 bridgehead atoms. The maximum absolute atomic E-state index is 12.4. The zero-order valence-electron chi connectivity index (χ0n) is 11.8. The minimum absolute atomic E-state index is 0.0183. The van der Waals surface area contributed by atoms with Crippen LogP contribution < -0.4 is 10.6 Å². The number of rotatable bonds is 1. The molecule has 1 aromatic rings. The molecular formula is C15H22N2O2. The molecule has 0 aliphatic carbocycles. The molecule has 0 spiro atoms. The topological polar surface area (TPSA) is 55.6 Å². The number of para-hydroxylation sites is 1. The van der Waals surface area contributed by atoms with Gasteiger partial charge >= 0.3 is 6.09 Å². The lowest BCUT2D eigenvalue weighted by atomic mass is 9.96. The van der Waals surface area contributed by atoms with E-state index < -0.39 is 5.60 Å². The van der Waals surface area contributed by atoms with Gasteiger partial charge in [0.2, 0.25) is 0 Å². The number of fused-ring (bicyclic) bond motifs is 1. The van der Waals surface area contributed by atoms with Gasteiger partial charge in [-0.15, -0.1) is 0 Å². The van der Waals surface area contributed by atoms with Crippen LogP contribution in [0.25, 0.3) is 0 Å². The first-order valence-electron chi connectivity index (χ1n) is 6.72. The van der Waals surface area contributed by atoms with Gasteiger partial charge in [0.15, 0.2) is 0 Å². The van der Waals surface area contributed by atoms with E-state index in [0.29, 0.717) is 6.54 Å². The summed E-state index contributed by atoms with van der Waals surface area (Å²) in [6.45, 7) is 6.07. The van der Waals surface area contributed by atoms with Crippen molar-refractivity contribution in [1.82, 2.24) is 0 Å². The fraction of sp³-hybridized carbons (Fsp3) is 0.533. The average Bonchev–Trinajstić information content (AvgIpc) is 2.35. The summed E-state index contributed by atoms with van der Waals surface area (Å²) in [5.41, 5.74) is 7.41. The number of benzene rings is 1. The summed E-state index contributed by atoms with van der Waals surface area (Å²) in [5.74, 6) is 0. The summed E-state index contributed by atoms with van der Waals surface area (Å²) in [6.07, 6.45) is 1.53. The molecule has 0 saturated heterocycles. The quantitative estimate of drug-likeness (QED) is 0.846. The maximum atomic E-state index is 12.4. The van der Waals surface area contributed by atoms with Crippen LogP contribution in [-0.2, 0) is 11.2 Å².